The average Bonchev–Trinajstić information content (AvgIpc) is 2.69. The number of nitriles is 1. The summed E-state index contributed by atoms with van der Waals surface area (Å²) in [5.41, 5.74) is 1.51. The predicted molar refractivity (Wildman–Crippen MR) is 114 cm³/mol. The fourth-order valence-electron chi connectivity index (χ4n) is 2.86. The fraction of sp³-hybridized carbons (Fsp3) is 0.364. The number of ether oxygens (including phenoxy) is 2. The average molecular weight is 410 g/mol. The highest BCUT2D eigenvalue weighted by Gasteiger charge is 2.18. The summed E-state index contributed by atoms with van der Waals surface area (Å²) in [7, 11) is 3.33. The van der Waals surface area contributed by atoms with Gasteiger partial charge in [-0.15, -0.1) is 0 Å². The van der Waals surface area contributed by atoms with E-state index in [-0.39, 0.29) is 11.5 Å². The molecular weight excluding hydrogens is 384 g/mol. The lowest BCUT2D eigenvalue weighted by atomic mass is 10.1. The molecule has 0 N–H and O–H groups in total. The van der Waals surface area contributed by atoms with Crippen molar-refractivity contribution in [2.75, 3.05) is 20.7 Å². The van der Waals surface area contributed by atoms with E-state index in [1.807, 2.05) is 13.0 Å². The summed E-state index contributed by atoms with van der Waals surface area (Å²) >= 11 is 0. The van der Waals surface area contributed by atoms with Gasteiger partial charge in [-0.25, -0.2) is 4.68 Å². The second-order valence-electron chi connectivity index (χ2n) is 6.95. The van der Waals surface area contributed by atoms with E-state index in [4.69, 9.17) is 9.47 Å². The first kappa shape index (κ1) is 22.7. The van der Waals surface area contributed by atoms with Crippen LogP contribution in [0.1, 0.15) is 36.2 Å². The Morgan fingerprint density at radius 3 is 2.60 bits per heavy atom. The third kappa shape index (κ3) is 5.06. The number of benzene rings is 1. The van der Waals surface area contributed by atoms with Crippen LogP contribution >= 0.6 is 0 Å². The van der Waals surface area contributed by atoms with Crippen molar-refractivity contribution in [3.05, 3.63) is 57.0 Å². The highest BCUT2D eigenvalue weighted by Crippen LogP contribution is 2.29. The van der Waals surface area contributed by atoms with Gasteiger partial charge in [0.2, 0.25) is 0 Å². The Bertz CT molecular complexity index is 1060. The van der Waals surface area contributed by atoms with E-state index in [1.165, 1.54) is 15.8 Å². The molecule has 158 valence electrons. The summed E-state index contributed by atoms with van der Waals surface area (Å²) in [6, 6.07) is 8.82. The normalized spacial score (nSPS) is 11.8. The van der Waals surface area contributed by atoms with Crippen molar-refractivity contribution < 1.29 is 14.3 Å². The van der Waals surface area contributed by atoms with Gasteiger partial charge >= 0.3 is 0 Å². The smallest absolute Gasteiger partial charge is 0.289 e. The molecule has 0 saturated heterocycles. The maximum absolute atomic E-state index is 12.5. The van der Waals surface area contributed by atoms with Crippen LogP contribution in [0.3, 0.4) is 0 Å². The molecule has 1 aromatic carbocycles. The Balaban J connectivity index is 2.37. The first-order chi connectivity index (χ1) is 14.2. The number of pyridine rings is 1. The summed E-state index contributed by atoms with van der Waals surface area (Å²) in [4.78, 5) is 26.0. The monoisotopic (exact) mass is 410 g/mol. The molecule has 1 atom stereocenters. The summed E-state index contributed by atoms with van der Waals surface area (Å²) in [6.45, 7) is 7.40. The SMILES string of the molecule is CCOc1cc(C=Nn2c(C)cc(C)c(C#N)c2=O)ccc1O[C@@H](C)C(=O)N(C)C. The van der Waals surface area contributed by atoms with E-state index in [2.05, 4.69) is 5.10 Å². The van der Waals surface area contributed by atoms with Crippen molar-refractivity contribution in [3.63, 3.8) is 0 Å². The van der Waals surface area contributed by atoms with Crippen molar-refractivity contribution in [3.8, 4) is 17.6 Å². The Morgan fingerprint density at radius 1 is 1.30 bits per heavy atom. The Morgan fingerprint density at radius 2 is 2.00 bits per heavy atom. The third-order valence-corrected chi connectivity index (χ3v) is 4.35. The Hall–Kier alpha value is -3.60. The van der Waals surface area contributed by atoms with Crippen LogP contribution in [-0.2, 0) is 4.79 Å². The zero-order chi connectivity index (χ0) is 22.4. The number of hydrogen-bond acceptors (Lipinski definition) is 6. The molecule has 0 aliphatic heterocycles. The zero-order valence-electron chi connectivity index (χ0n) is 18.1. The minimum absolute atomic E-state index is 0.0658. The van der Waals surface area contributed by atoms with Crippen LogP contribution in [0, 0.1) is 25.2 Å². The number of carbonyl (C=O) groups excluding carboxylic acids is 1. The van der Waals surface area contributed by atoms with Crippen LogP contribution in [0.15, 0.2) is 34.2 Å². The summed E-state index contributed by atoms with van der Waals surface area (Å²) in [6.07, 6.45) is 0.836. The van der Waals surface area contributed by atoms with E-state index in [0.29, 0.717) is 34.9 Å². The maximum atomic E-state index is 12.5. The maximum Gasteiger partial charge on any atom is 0.289 e. The van der Waals surface area contributed by atoms with E-state index in [9.17, 15) is 14.9 Å². The lowest BCUT2D eigenvalue weighted by Gasteiger charge is -2.20. The number of likely N-dealkylation sites (N-methyl/N-ethyl adjacent to an activating group) is 1. The van der Waals surface area contributed by atoms with Gasteiger partial charge in [-0.05, 0) is 63.1 Å². The highest BCUT2D eigenvalue weighted by molar-refractivity contribution is 5.82. The summed E-state index contributed by atoms with van der Waals surface area (Å²) in [5, 5.41) is 13.4. The third-order valence-electron chi connectivity index (χ3n) is 4.35. The molecule has 0 aliphatic rings. The van der Waals surface area contributed by atoms with Crippen LogP contribution in [0.25, 0.3) is 0 Å². The Labute approximate surface area is 176 Å². The second-order valence-corrected chi connectivity index (χ2v) is 6.95. The van der Waals surface area contributed by atoms with Crippen molar-refractivity contribution in [1.29, 1.82) is 5.26 Å². The van der Waals surface area contributed by atoms with Gasteiger partial charge in [-0.3, -0.25) is 9.59 Å². The molecule has 0 fully saturated rings. The number of hydrogen-bond donors (Lipinski definition) is 0. The number of amides is 1. The molecule has 0 saturated carbocycles. The van der Waals surface area contributed by atoms with Crippen LogP contribution in [0.2, 0.25) is 0 Å². The van der Waals surface area contributed by atoms with Crippen LogP contribution in [0.4, 0.5) is 0 Å². The number of rotatable bonds is 7. The number of aryl methyl sites for hydroxylation is 2. The topological polar surface area (TPSA) is 96.9 Å². The van der Waals surface area contributed by atoms with Gasteiger partial charge < -0.3 is 14.4 Å². The molecule has 1 amide bonds. The van der Waals surface area contributed by atoms with Gasteiger partial charge in [-0.1, -0.05) is 0 Å². The van der Waals surface area contributed by atoms with E-state index in [0.717, 1.165) is 0 Å². The molecule has 1 aromatic heterocycles. The fourth-order valence-corrected chi connectivity index (χ4v) is 2.86. The largest absolute Gasteiger partial charge is 0.490 e. The van der Waals surface area contributed by atoms with E-state index in [1.54, 1.807) is 59.1 Å². The van der Waals surface area contributed by atoms with Crippen LogP contribution in [-0.4, -0.2) is 48.5 Å². The molecule has 2 aromatic rings. The van der Waals surface area contributed by atoms with Crippen LogP contribution < -0.4 is 15.0 Å². The zero-order valence-corrected chi connectivity index (χ0v) is 18.1. The molecule has 0 unspecified atom stereocenters. The van der Waals surface area contributed by atoms with Crippen molar-refractivity contribution in [2.24, 2.45) is 5.10 Å². The van der Waals surface area contributed by atoms with Gasteiger partial charge in [0, 0.05) is 19.8 Å². The predicted octanol–water partition coefficient (Wildman–Crippen LogP) is 2.47. The first-order valence-electron chi connectivity index (χ1n) is 9.52. The minimum Gasteiger partial charge on any atom is -0.490 e. The van der Waals surface area contributed by atoms with E-state index >= 15 is 0 Å². The van der Waals surface area contributed by atoms with Gasteiger partial charge in [0.1, 0.15) is 11.6 Å². The molecular formula is C22H26N4O4. The second kappa shape index (κ2) is 9.74. The quantitative estimate of drug-likeness (QED) is 0.653. The molecule has 2 rings (SSSR count). The number of aromatic nitrogens is 1. The van der Waals surface area contributed by atoms with Gasteiger partial charge in [0.25, 0.3) is 11.5 Å². The molecule has 0 radical (unpaired) electrons. The van der Waals surface area contributed by atoms with Gasteiger partial charge in [0.05, 0.1) is 12.8 Å². The van der Waals surface area contributed by atoms with Gasteiger partial charge in [-0.2, -0.15) is 10.4 Å². The summed E-state index contributed by atoms with van der Waals surface area (Å²) < 4.78 is 12.6. The lowest BCUT2D eigenvalue weighted by molar-refractivity contribution is -0.135. The molecule has 8 heteroatoms. The molecule has 0 aliphatic carbocycles. The minimum atomic E-state index is -0.670. The van der Waals surface area contributed by atoms with E-state index < -0.39 is 11.7 Å². The van der Waals surface area contributed by atoms with Crippen molar-refractivity contribution >= 4 is 12.1 Å². The Kier molecular flexibility index (Phi) is 7.37. The van der Waals surface area contributed by atoms with Gasteiger partial charge in [0.15, 0.2) is 17.6 Å². The molecule has 8 nitrogen and oxygen atoms in total. The number of nitrogens with zero attached hydrogens (tertiary/aromatic N) is 4. The molecule has 1 heterocycles. The van der Waals surface area contributed by atoms with Crippen molar-refractivity contribution in [1.82, 2.24) is 9.58 Å². The lowest BCUT2D eigenvalue weighted by Crippen LogP contribution is -2.35. The van der Waals surface area contributed by atoms with Crippen LogP contribution in [0.5, 0.6) is 11.5 Å². The molecule has 0 bridgehead atoms. The highest BCUT2D eigenvalue weighted by atomic mass is 16.5. The first-order valence-corrected chi connectivity index (χ1v) is 9.52. The summed E-state index contributed by atoms with van der Waals surface area (Å²) in [5.74, 6) is 0.739. The molecule has 0 spiro atoms. The van der Waals surface area contributed by atoms with Crippen molar-refractivity contribution in [2.45, 2.75) is 33.8 Å². The molecule has 30 heavy (non-hydrogen) atoms. The standard InChI is InChI=1S/C22H26N4O4/c1-7-29-20-11-17(8-9-19(20)30-16(4)21(27)25(5)6)13-24-26-15(3)10-14(2)18(12-23)22(26)28/h8-11,13,16H,7H2,1-6H3/t16-/m0/s1. The number of carbonyl (C=O) groups is 1.